The molecule has 0 radical (unpaired) electrons. The summed E-state index contributed by atoms with van der Waals surface area (Å²) < 4.78 is 0. The fraction of sp³-hybridized carbons (Fsp3) is 0.417. The van der Waals surface area contributed by atoms with Gasteiger partial charge in [-0.25, -0.2) is 4.79 Å². The van der Waals surface area contributed by atoms with Crippen LogP contribution < -0.4 is 4.90 Å². The van der Waals surface area contributed by atoms with Gasteiger partial charge in [0, 0.05) is 18.8 Å². The van der Waals surface area contributed by atoms with Crippen LogP contribution in [0.3, 0.4) is 0 Å². The molecule has 0 bridgehead atoms. The van der Waals surface area contributed by atoms with E-state index in [9.17, 15) is 4.79 Å². The molecule has 0 amide bonds. The summed E-state index contributed by atoms with van der Waals surface area (Å²) in [5.74, 6) is -0.880. The van der Waals surface area contributed by atoms with Crippen molar-refractivity contribution in [2.24, 2.45) is 0 Å². The summed E-state index contributed by atoms with van der Waals surface area (Å²) in [6, 6.07) is 7.43. The molecule has 3 nitrogen and oxygen atoms in total. The molecule has 3 heteroatoms. The van der Waals surface area contributed by atoms with Crippen molar-refractivity contribution >= 4 is 11.7 Å². The molecule has 1 unspecified atom stereocenters. The summed E-state index contributed by atoms with van der Waals surface area (Å²) in [5.41, 5.74) is 1.28. The Bertz CT molecular complexity index is 349. The first-order valence-corrected chi connectivity index (χ1v) is 5.12. The second kappa shape index (κ2) is 4.82. The lowest BCUT2D eigenvalue weighted by Gasteiger charge is -2.26. The highest BCUT2D eigenvalue weighted by atomic mass is 16.4. The number of aromatic carboxylic acids is 1. The van der Waals surface area contributed by atoms with Gasteiger partial charge < -0.3 is 10.0 Å². The van der Waals surface area contributed by atoms with Crippen molar-refractivity contribution in [1.29, 1.82) is 0 Å². The zero-order valence-electron chi connectivity index (χ0n) is 9.40. The average molecular weight is 207 g/mol. The van der Waals surface area contributed by atoms with Gasteiger partial charge in [0.15, 0.2) is 0 Å². The van der Waals surface area contributed by atoms with E-state index >= 15 is 0 Å². The van der Waals surface area contributed by atoms with E-state index in [-0.39, 0.29) is 0 Å². The van der Waals surface area contributed by atoms with Crippen LogP contribution in [0.1, 0.15) is 30.6 Å². The highest BCUT2D eigenvalue weighted by molar-refractivity contribution is 5.88. The molecule has 0 spiro atoms. The van der Waals surface area contributed by atoms with Gasteiger partial charge in [-0.1, -0.05) is 13.0 Å². The lowest BCUT2D eigenvalue weighted by atomic mass is 10.1. The van der Waals surface area contributed by atoms with Crippen molar-refractivity contribution in [3.63, 3.8) is 0 Å². The molecule has 0 aliphatic rings. The Morgan fingerprint density at radius 2 is 2.20 bits per heavy atom. The maximum absolute atomic E-state index is 10.8. The Morgan fingerprint density at radius 1 is 1.53 bits per heavy atom. The van der Waals surface area contributed by atoms with Crippen molar-refractivity contribution in [2.45, 2.75) is 26.3 Å². The minimum absolute atomic E-state index is 0.336. The van der Waals surface area contributed by atoms with E-state index in [1.54, 1.807) is 18.2 Å². The van der Waals surface area contributed by atoms with E-state index in [4.69, 9.17) is 5.11 Å². The number of anilines is 1. The van der Waals surface area contributed by atoms with Crippen molar-refractivity contribution in [1.82, 2.24) is 0 Å². The number of hydrogen-bond donors (Lipinski definition) is 1. The minimum atomic E-state index is -0.880. The van der Waals surface area contributed by atoms with Crippen LogP contribution in [0.2, 0.25) is 0 Å². The van der Waals surface area contributed by atoms with Gasteiger partial charge in [0.25, 0.3) is 0 Å². The molecule has 1 atom stereocenters. The third kappa shape index (κ3) is 2.72. The number of carbonyl (C=O) groups is 1. The van der Waals surface area contributed by atoms with E-state index in [2.05, 4.69) is 18.7 Å². The molecule has 0 heterocycles. The number of rotatable bonds is 4. The quantitative estimate of drug-likeness (QED) is 0.825. The van der Waals surface area contributed by atoms with Crippen molar-refractivity contribution in [3.05, 3.63) is 29.8 Å². The van der Waals surface area contributed by atoms with E-state index in [0.717, 1.165) is 12.1 Å². The molecule has 0 saturated heterocycles. The molecule has 1 rings (SSSR count). The fourth-order valence-corrected chi connectivity index (χ4v) is 1.39. The molecule has 1 aromatic rings. The third-order valence-corrected chi connectivity index (χ3v) is 2.75. The molecule has 0 aliphatic carbocycles. The van der Waals surface area contributed by atoms with E-state index < -0.39 is 5.97 Å². The first-order valence-electron chi connectivity index (χ1n) is 5.12. The lowest BCUT2D eigenvalue weighted by molar-refractivity contribution is 0.0697. The predicted molar refractivity (Wildman–Crippen MR) is 61.6 cm³/mol. The van der Waals surface area contributed by atoms with Gasteiger partial charge in [-0.15, -0.1) is 0 Å². The molecule has 82 valence electrons. The summed E-state index contributed by atoms with van der Waals surface area (Å²) in [6.45, 7) is 4.23. The van der Waals surface area contributed by atoms with Crippen LogP contribution in [-0.4, -0.2) is 24.2 Å². The standard InChI is InChI=1S/C12H17NO2/c1-4-9(2)13(3)11-7-5-6-10(8-11)12(14)15/h5-9H,4H2,1-3H3,(H,14,15). The van der Waals surface area contributed by atoms with E-state index in [0.29, 0.717) is 11.6 Å². The van der Waals surface area contributed by atoms with E-state index in [1.165, 1.54) is 0 Å². The van der Waals surface area contributed by atoms with Gasteiger partial charge in [0.2, 0.25) is 0 Å². The van der Waals surface area contributed by atoms with Crippen LogP contribution in [-0.2, 0) is 0 Å². The molecule has 15 heavy (non-hydrogen) atoms. The zero-order valence-corrected chi connectivity index (χ0v) is 9.40. The van der Waals surface area contributed by atoms with Gasteiger partial charge in [-0.3, -0.25) is 0 Å². The summed E-state index contributed by atoms with van der Waals surface area (Å²) in [7, 11) is 1.98. The second-order valence-electron chi connectivity index (χ2n) is 3.72. The van der Waals surface area contributed by atoms with Crippen molar-refractivity contribution in [3.8, 4) is 0 Å². The number of benzene rings is 1. The van der Waals surface area contributed by atoms with Crippen LogP contribution >= 0.6 is 0 Å². The number of carboxylic acids is 1. The second-order valence-corrected chi connectivity index (χ2v) is 3.72. The van der Waals surface area contributed by atoms with Gasteiger partial charge in [-0.2, -0.15) is 0 Å². The third-order valence-electron chi connectivity index (χ3n) is 2.75. The predicted octanol–water partition coefficient (Wildman–Crippen LogP) is 2.62. The maximum Gasteiger partial charge on any atom is 0.335 e. The van der Waals surface area contributed by atoms with Crippen LogP contribution in [0.15, 0.2) is 24.3 Å². The highest BCUT2D eigenvalue weighted by Gasteiger charge is 2.10. The minimum Gasteiger partial charge on any atom is -0.478 e. The first kappa shape index (κ1) is 11.6. The SMILES string of the molecule is CCC(C)N(C)c1cccc(C(=O)O)c1. The largest absolute Gasteiger partial charge is 0.478 e. The molecule has 1 N–H and O–H groups in total. The molecule has 1 aromatic carbocycles. The summed E-state index contributed by atoms with van der Waals surface area (Å²) in [5, 5.41) is 8.87. The van der Waals surface area contributed by atoms with Crippen molar-refractivity contribution < 1.29 is 9.90 Å². The Morgan fingerprint density at radius 3 is 2.73 bits per heavy atom. The number of hydrogen-bond acceptors (Lipinski definition) is 2. The maximum atomic E-state index is 10.8. The molecule has 0 saturated carbocycles. The highest BCUT2D eigenvalue weighted by Crippen LogP contribution is 2.18. The van der Waals surface area contributed by atoms with Gasteiger partial charge in [0.05, 0.1) is 5.56 Å². The smallest absolute Gasteiger partial charge is 0.335 e. The zero-order chi connectivity index (χ0) is 11.4. The molecule has 0 fully saturated rings. The number of nitrogens with zero attached hydrogens (tertiary/aromatic N) is 1. The average Bonchev–Trinajstić information content (AvgIpc) is 2.27. The van der Waals surface area contributed by atoms with Gasteiger partial charge in [0.1, 0.15) is 0 Å². The van der Waals surface area contributed by atoms with Gasteiger partial charge in [-0.05, 0) is 31.5 Å². The molecular formula is C12H17NO2. The topological polar surface area (TPSA) is 40.5 Å². The van der Waals surface area contributed by atoms with Crippen LogP contribution in [0.4, 0.5) is 5.69 Å². The van der Waals surface area contributed by atoms with Crippen molar-refractivity contribution in [2.75, 3.05) is 11.9 Å². The monoisotopic (exact) mass is 207 g/mol. The Kier molecular flexibility index (Phi) is 3.72. The van der Waals surface area contributed by atoms with Gasteiger partial charge >= 0.3 is 5.97 Å². The fourth-order valence-electron chi connectivity index (χ4n) is 1.39. The summed E-state index contributed by atoms with van der Waals surface area (Å²) in [6.07, 6.45) is 1.04. The van der Waals surface area contributed by atoms with Crippen LogP contribution in [0.5, 0.6) is 0 Å². The number of carboxylic acid groups (broad SMARTS) is 1. The molecule has 0 aliphatic heterocycles. The summed E-state index contributed by atoms with van der Waals surface area (Å²) >= 11 is 0. The lowest BCUT2D eigenvalue weighted by Crippen LogP contribution is -2.28. The first-order chi connectivity index (χ1) is 7.06. The Labute approximate surface area is 90.3 Å². The molecular weight excluding hydrogens is 190 g/mol. The van der Waals surface area contributed by atoms with Crippen LogP contribution in [0.25, 0.3) is 0 Å². The molecule has 0 aromatic heterocycles. The summed E-state index contributed by atoms with van der Waals surface area (Å²) in [4.78, 5) is 12.9. The normalized spacial score (nSPS) is 12.2. The Balaban J connectivity index is 2.94. The van der Waals surface area contributed by atoms with Crippen LogP contribution in [0, 0.1) is 0 Å². The Hall–Kier alpha value is -1.51. The van der Waals surface area contributed by atoms with E-state index in [1.807, 2.05) is 13.1 Å².